The Labute approximate surface area is 124 Å². The number of benzene rings is 1. The second-order valence-corrected chi connectivity index (χ2v) is 5.56. The highest BCUT2D eigenvalue weighted by Crippen LogP contribution is 2.50. The molecule has 0 aliphatic carbocycles. The number of carbonyl (C=O) groups is 1. The van der Waals surface area contributed by atoms with Gasteiger partial charge in [-0.05, 0) is 37.1 Å². The molecule has 0 unspecified atom stereocenters. The van der Waals surface area contributed by atoms with Gasteiger partial charge in [0.1, 0.15) is 5.75 Å². The Bertz CT molecular complexity index is 515. The van der Waals surface area contributed by atoms with Crippen LogP contribution in [-0.4, -0.2) is 22.6 Å². The molecule has 9 heteroatoms. The Balaban J connectivity index is 3.20. The number of aryl methyl sites for hydroxylation is 2. The van der Waals surface area contributed by atoms with Crippen LogP contribution in [0.15, 0.2) is 18.2 Å². The van der Waals surface area contributed by atoms with Crippen molar-refractivity contribution in [3.8, 4) is 5.75 Å². The summed E-state index contributed by atoms with van der Waals surface area (Å²) >= 11 is 1.46. The lowest BCUT2D eigenvalue weighted by Gasteiger charge is -2.29. The van der Waals surface area contributed by atoms with Gasteiger partial charge >= 0.3 is 22.6 Å². The second kappa shape index (κ2) is 5.51. The standard InChI is InChI=1S/C12H9BrF6O2/c1-6-3-7(2)5-8(4-6)21-9(20)10(13,11(14,15)16)12(17,18)19/h3-5H,1-2H3. The Morgan fingerprint density at radius 1 is 0.952 bits per heavy atom. The van der Waals surface area contributed by atoms with Crippen LogP contribution in [-0.2, 0) is 4.79 Å². The predicted octanol–water partition coefficient (Wildman–Crippen LogP) is 4.47. The molecule has 1 aromatic rings. The minimum atomic E-state index is -5.90. The SMILES string of the molecule is Cc1cc(C)cc(OC(=O)C(Br)(C(F)(F)F)C(F)(F)F)c1. The summed E-state index contributed by atoms with van der Waals surface area (Å²) in [6, 6.07) is 3.93. The normalized spacial score (nSPS) is 13.2. The predicted molar refractivity (Wildman–Crippen MR) is 65.3 cm³/mol. The van der Waals surface area contributed by atoms with E-state index in [0.717, 1.165) is 12.1 Å². The maximum atomic E-state index is 12.6. The zero-order chi connectivity index (χ0) is 16.6. The Kier molecular flexibility index (Phi) is 4.67. The van der Waals surface area contributed by atoms with Crippen molar-refractivity contribution < 1.29 is 35.9 Å². The maximum absolute atomic E-state index is 12.6. The average molecular weight is 379 g/mol. The summed E-state index contributed by atoms with van der Waals surface area (Å²) in [5.74, 6) is -2.89. The topological polar surface area (TPSA) is 26.3 Å². The van der Waals surface area contributed by atoms with Crippen LogP contribution in [0, 0.1) is 13.8 Å². The van der Waals surface area contributed by atoms with Crippen LogP contribution in [0.25, 0.3) is 0 Å². The molecular weight excluding hydrogens is 370 g/mol. The lowest BCUT2D eigenvalue weighted by Crippen LogP contribution is -2.59. The number of hydrogen-bond acceptors (Lipinski definition) is 2. The molecule has 1 aromatic carbocycles. The van der Waals surface area contributed by atoms with Crippen molar-refractivity contribution in [3.05, 3.63) is 29.3 Å². The van der Waals surface area contributed by atoms with Crippen LogP contribution >= 0.6 is 15.9 Å². The molecule has 1 rings (SSSR count). The molecule has 0 atom stereocenters. The van der Waals surface area contributed by atoms with Gasteiger partial charge in [-0.3, -0.25) is 0 Å². The molecule has 0 saturated carbocycles. The minimum absolute atomic E-state index is 0.394. The molecule has 0 radical (unpaired) electrons. The first-order valence-electron chi connectivity index (χ1n) is 5.42. The lowest BCUT2D eigenvalue weighted by atomic mass is 10.1. The van der Waals surface area contributed by atoms with Gasteiger partial charge in [0.2, 0.25) is 0 Å². The molecule has 0 N–H and O–H groups in total. The summed E-state index contributed by atoms with van der Waals surface area (Å²) in [5.41, 5.74) is 1.05. The van der Waals surface area contributed by atoms with Crippen molar-refractivity contribution in [1.29, 1.82) is 0 Å². The van der Waals surface area contributed by atoms with E-state index in [0.29, 0.717) is 11.1 Å². The van der Waals surface area contributed by atoms with Crippen molar-refractivity contribution in [2.75, 3.05) is 0 Å². The monoisotopic (exact) mass is 378 g/mol. The quantitative estimate of drug-likeness (QED) is 0.328. The van der Waals surface area contributed by atoms with Crippen LogP contribution < -0.4 is 4.74 Å². The van der Waals surface area contributed by atoms with Crippen LogP contribution in [0.3, 0.4) is 0 Å². The van der Waals surface area contributed by atoms with Gasteiger partial charge in [-0.2, -0.15) is 26.3 Å². The molecule has 0 fully saturated rings. The van der Waals surface area contributed by atoms with Crippen LogP contribution in [0.1, 0.15) is 11.1 Å². The summed E-state index contributed by atoms with van der Waals surface area (Å²) in [6.07, 6.45) is -11.8. The van der Waals surface area contributed by atoms with Crippen molar-refractivity contribution in [2.24, 2.45) is 0 Å². The fourth-order valence-corrected chi connectivity index (χ4v) is 1.64. The number of alkyl halides is 7. The van der Waals surface area contributed by atoms with E-state index in [4.69, 9.17) is 0 Å². The number of carbonyl (C=O) groups excluding carboxylic acids is 1. The molecule has 2 nitrogen and oxygen atoms in total. The fourth-order valence-electron chi connectivity index (χ4n) is 1.56. The Morgan fingerprint density at radius 3 is 1.67 bits per heavy atom. The van der Waals surface area contributed by atoms with Gasteiger partial charge in [-0.15, -0.1) is 0 Å². The van der Waals surface area contributed by atoms with E-state index in [1.807, 2.05) is 0 Å². The van der Waals surface area contributed by atoms with E-state index in [-0.39, 0.29) is 0 Å². The maximum Gasteiger partial charge on any atom is 0.423 e. The van der Waals surface area contributed by atoms with E-state index in [1.165, 1.54) is 15.9 Å². The molecule has 0 aromatic heterocycles. The molecule has 0 aliphatic rings. The summed E-state index contributed by atoms with van der Waals surface area (Å²) in [4.78, 5) is 11.4. The number of rotatable bonds is 2. The summed E-state index contributed by atoms with van der Waals surface area (Å²) in [7, 11) is 0. The largest absolute Gasteiger partial charge is 0.425 e. The van der Waals surface area contributed by atoms with Crippen molar-refractivity contribution in [3.63, 3.8) is 0 Å². The third-order valence-electron chi connectivity index (χ3n) is 2.47. The average Bonchev–Trinajstić information content (AvgIpc) is 2.22. The van der Waals surface area contributed by atoms with Gasteiger partial charge < -0.3 is 4.74 Å². The molecular formula is C12H9BrF6O2. The summed E-state index contributed by atoms with van der Waals surface area (Å²) in [6.45, 7) is 3.11. The van der Waals surface area contributed by atoms with Gasteiger partial charge in [0.15, 0.2) is 0 Å². The molecule has 0 bridgehead atoms. The first-order chi connectivity index (χ1) is 9.29. The summed E-state index contributed by atoms with van der Waals surface area (Å²) in [5, 5.41) is 0. The van der Waals surface area contributed by atoms with Gasteiger partial charge in [-0.25, -0.2) is 4.79 Å². The molecule has 0 saturated heterocycles. The first-order valence-corrected chi connectivity index (χ1v) is 6.21. The minimum Gasteiger partial charge on any atom is -0.425 e. The molecule has 21 heavy (non-hydrogen) atoms. The van der Waals surface area contributed by atoms with Crippen LogP contribution in [0.5, 0.6) is 5.75 Å². The third kappa shape index (κ3) is 3.50. The van der Waals surface area contributed by atoms with Gasteiger partial charge in [0.05, 0.1) is 0 Å². The zero-order valence-corrected chi connectivity index (χ0v) is 12.3. The van der Waals surface area contributed by atoms with E-state index < -0.39 is 28.4 Å². The van der Waals surface area contributed by atoms with Crippen molar-refractivity contribution >= 4 is 21.9 Å². The molecule has 118 valence electrons. The van der Waals surface area contributed by atoms with E-state index in [9.17, 15) is 31.1 Å². The van der Waals surface area contributed by atoms with Gasteiger partial charge in [0.25, 0.3) is 0 Å². The third-order valence-corrected chi connectivity index (χ3v) is 3.69. The van der Waals surface area contributed by atoms with Crippen molar-refractivity contribution in [2.45, 2.75) is 30.5 Å². The Hall–Kier alpha value is -1.25. The fraction of sp³-hybridized carbons (Fsp3) is 0.417. The van der Waals surface area contributed by atoms with Crippen LogP contribution in [0.2, 0.25) is 0 Å². The lowest BCUT2D eigenvalue weighted by molar-refractivity contribution is -0.259. The molecule has 0 aliphatic heterocycles. The number of halogens is 7. The highest BCUT2D eigenvalue weighted by atomic mass is 79.9. The van der Waals surface area contributed by atoms with E-state index in [1.54, 1.807) is 19.9 Å². The van der Waals surface area contributed by atoms with E-state index in [2.05, 4.69) is 4.74 Å². The molecule has 0 amide bonds. The summed E-state index contributed by atoms with van der Waals surface area (Å²) < 4.78 is 75.4. The Morgan fingerprint density at radius 2 is 1.33 bits per heavy atom. The number of ether oxygens (including phenoxy) is 1. The van der Waals surface area contributed by atoms with Crippen molar-refractivity contribution in [1.82, 2.24) is 0 Å². The number of hydrogen-bond donors (Lipinski definition) is 0. The highest BCUT2D eigenvalue weighted by molar-refractivity contribution is 9.10. The molecule has 0 heterocycles. The van der Waals surface area contributed by atoms with Gasteiger partial charge in [0, 0.05) is 0 Å². The smallest absolute Gasteiger partial charge is 0.423 e. The van der Waals surface area contributed by atoms with Crippen LogP contribution in [0.4, 0.5) is 26.3 Å². The van der Waals surface area contributed by atoms with E-state index >= 15 is 0 Å². The van der Waals surface area contributed by atoms with Gasteiger partial charge in [-0.1, -0.05) is 22.0 Å². The second-order valence-electron chi connectivity index (χ2n) is 4.37. The zero-order valence-electron chi connectivity index (χ0n) is 10.7. The molecule has 0 spiro atoms. The highest BCUT2D eigenvalue weighted by Gasteiger charge is 2.75. The first kappa shape index (κ1) is 17.8. The number of esters is 1.